The molecule has 10 nitrogen and oxygen atoms in total. The lowest BCUT2D eigenvalue weighted by Gasteiger charge is -2.26. The van der Waals surface area contributed by atoms with Crippen LogP contribution in [0.4, 0.5) is 0 Å². The minimum atomic E-state index is -0.857. The van der Waals surface area contributed by atoms with Gasteiger partial charge in [0.2, 0.25) is 0 Å². The van der Waals surface area contributed by atoms with E-state index < -0.39 is 11.8 Å². The fraction of sp³-hybridized carbons (Fsp3) is 0.500. The van der Waals surface area contributed by atoms with Crippen molar-refractivity contribution >= 4 is 39.9 Å². The summed E-state index contributed by atoms with van der Waals surface area (Å²) >= 11 is 3.40. The van der Waals surface area contributed by atoms with Crippen molar-refractivity contribution < 1.29 is 28.6 Å². The maximum atomic E-state index is 12.3. The first-order valence-electron chi connectivity index (χ1n) is 9.79. The van der Waals surface area contributed by atoms with Gasteiger partial charge in [-0.1, -0.05) is 13.8 Å². The molecule has 170 valence electrons. The highest BCUT2D eigenvalue weighted by molar-refractivity contribution is 9.10. The molecular weight excluding hydrogens is 472 g/mol. The second-order valence-corrected chi connectivity index (χ2v) is 7.97. The SMILES string of the molecule is COc1cc(/C=N\NC(=O)C(=O)NCC(C)C)cc(Br)c1OCC(=O)N1CCOCC1. The maximum absolute atomic E-state index is 12.3. The fourth-order valence-corrected chi connectivity index (χ4v) is 3.16. The molecule has 1 aromatic rings. The molecule has 3 amide bonds. The summed E-state index contributed by atoms with van der Waals surface area (Å²) < 4.78 is 16.8. The van der Waals surface area contributed by atoms with Gasteiger partial charge in [0.15, 0.2) is 18.1 Å². The summed E-state index contributed by atoms with van der Waals surface area (Å²) in [5, 5.41) is 6.30. The van der Waals surface area contributed by atoms with Gasteiger partial charge in [-0.05, 0) is 39.5 Å². The summed E-state index contributed by atoms with van der Waals surface area (Å²) in [5.41, 5.74) is 2.76. The summed E-state index contributed by atoms with van der Waals surface area (Å²) in [6, 6.07) is 3.32. The predicted octanol–water partition coefficient (Wildman–Crippen LogP) is 0.918. The summed E-state index contributed by atoms with van der Waals surface area (Å²) in [4.78, 5) is 37.4. The van der Waals surface area contributed by atoms with Crippen LogP contribution in [0.1, 0.15) is 19.4 Å². The number of amides is 3. The first-order chi connectivity index (χ1) is 14.8. The normalized spacial score (nSPS) is 13.9. The van der Waals surface area contributed by atoms with E-state index in [1.807, 2.05) is 13.8 Å². The Morgan fingerprint density at radius 3 is 2.61 bits per heavy atom. The lowest BCUT2D eigenvalue weighted by Crippen LogP contribution is -2.43. The topological polar surface area (TPSA) is 119 Å². The van der Waals surface area contributed by atoms with Crippen molar-refractivity contribution in [2.75, 3.05) is 46.6 Å². The molecule has 2 rings (SSSR count). The molecule has 1 heterocycles. The van der Waals surface area contributed by atoms with Crippen LogP contribution < -0.4 is 20.2 Å². The number of hydrogen-bond acceptors (Lipinski definition) is 7. The average molecular weight is 499 g/mol. The highest BCUT2D eigenvalue weighted by Gasteiger charge is 2.19. The Kier molecular flexibility index (Phi) is 9.73. The van der Waals surface area contributed by atoms with Gasteiger partial charge in [0, 0.05) is 19.6 Å². The molecule has 1 aliphatic rings. The number of hydrazone groups is 1. The number of carbonyl (C=O) groups excluding carboxylic acids is 3. The fourth-order valence-electron chi connectivity index (χ4n) is 2.59. The number of methoxy groups -OCH3 is 1. The van der Waals surface area contributed by atoms with Crippen molar-refractivity contribution in [1.82, 2.24) is 15.6 Å². The molecule has 11 heteroatoms. The largest absolute Gasteiger partial charge is 0.493 e. The Morgan fingerprint density at radius 2 is 1.97 bits per heavy atom. The van der Waals surface area contributed by atoms with Crippen LogP contribution >= 0.6 is 15.9 Å². The van der Waals surface area contributed by atoms with Crippen molar-refractivity contribution in [3.05, 3.63) is 22.2 Å². The van der Waals surface area contributed by atoms with Crippen LogP contribution in [0.15, 0.2) is 21.7 Å². The van der Waals surface area contributed by atoms with Gasteiger partial charge in [-0.2, -0.15) is 5.10 Å². The van der Waals surface area contributed by atoms with Crippen LogP contribution in [-0.2, 0) is 19.1 Å². The predicted molar refractivity (Wildman–Crippen MR) is 117 cm³/mol. The molecule has 0 aromatic heterocycles. The molecule has 1 aliphatic heterocycles. The van der Waals surface area contributed by atoms with Gasteiger partial charge in [0.1, 0.15) is 0 Å². The number of carbonyl (C=O) groups is 3. The van der Waals surface area contributed by atoms with Crippen molar-refractivity contribution in [2.24, 2.45) is 11.0 Å². The van der Waals surface area contributed by atoms with Crippen LogP contribution in [0.25, 0.3) is 0 Å². The van der Waals surface area contributed by atoms with Crippen LogP contribution in [0.5, 0.6) is 11.5 Å². The zero-order chi connectivity index (χ0) is 22.8. The van der Waals surface area contributed by atoms with E-state index in [2.05, 4.69) is 31.8 Å². The van der Waals surface area contributed by atoms with E-state index in [4.69, 9.17) is 14.2 Å². The molecule has 0 aliphatic carbocycles. The molecule has 0 spiro atoms. The van der Waals surface area contributed by atoms with Gasteiger partial charge < -0.3 is 24.4 Å². The molecule has 0 atom stereocenters. The summed E-state index contributed by atoms with van der Waals surface area (Å²) in [5.74, 6) is -0.760. The van der Waals surface area contributed by atoms with E-state index in [1.165, 1.54) is 13.3 Å². The van der Waals surface area contributed by atoms with Gasteiger partial charge in [0.05, 0.1) is 31.0 Å². The molecule has 0 unspecified atom stereocenters. The number of ether oxygens (including phenoxy) is 3. The number of nitrogens with one attached hydrogen (secondary N) is 2. The van der Waals surface area contributed by atoms with Gasteiger partial charge in [-0.3, -0.25) is 14.4 Å². The number of nitrogens with zero attached hydrogens (tertiary/aromatic N) is 2. The third-order valence-electron chi connectivity index (χ3n) is 4.21. The van der Waals surface area contributed by atoms with Gasteiger partial charge in [-0.15, -0.1) is 0 Å². The van der Waals surface area contributed by atoms with Crippen molar-refractivity contribution in [3.8, 4) is 11.5 Å². The summed E-state index contributed by atoms with van der Waals surface area (Å²) in [6.45, 7) is 6.22. The van der Waals surface area contributed by atoms with E-state index in [0.29, 0.717) is 54.4 Å². The van der Waals surface area contributed by atoms with Gasteiger partial charge >= 0.3 is 11.8 Å². The number of benzene rings is 1. The molecule has 2 N–H and O–H groups in total. The number of halogens is 1. The maximum Gasteiger partial charge on any atom is 0.329 e. The van der Waals surface area contributed by atoms with Gasteiger partial charge in [0.25, 0.3) is 5.91 Å². The quantitative estimate of drug-likeness (QED) is 0.312. The molecule has 31 heavy (non-hydrogen) atoms. The standard InChI is InChI=1S/C20H27BrN4O6/c1-13(2)10-22-19(27)20(28)24-23-11-14-8-15(21)18(16(9-14)29-3)31-12-17(26)25-4-6-30-7-5-25/h8-9,11,13H,4-7,10,12H2,1-3H3,(H,22,27)(H,24,28)/b23-11-. The van der Waals surface area contributed by atoms with Crippen LogP contribution in [0.2, 0.25) is 0 Å². The van der Waals surface area contributed by atoms with E-state index in [9.17, 15) is 14.4 Å². The Labute approximate surface area is 189 Å². The Hall–Kier alpha value is -2.66. The van der Waals surface area contributed by atoms with Crippen molar-refractivity contribution in [2.45, 2.75) is 13.8 Å². The highest BCUT2D eigenvalue weighted by atomic mass is 79.9. The highest BCUT2D eigenvalue weighted by Crippen LogP contribution is 2.36. The second-order valence-electron chi connectivity index (χ2n) is 7.12. The number of rotatable bonds is 8. The number of morpholine rings is 1. The second kappa shape index (κ2) is 12.3. The minimum Gasteiger partial charge on any atom is -0.493 e. The lowest BCUT2D eigenvalue weighted by molar-refractivity contribution is -0.139. The molecule has 1 saturated heterocycles. The van der Waals surface area contributed by atoms with Crippen LogP contribution in [0, 0.1) is 5.92 Å². The smallest absolute Gasteiger partial charge is 0.329 e. The molecule has 0 bridgehead atoms. The molecule has 0 radical (unpaired) electrons. The minimum absolute atomic E-state index is 0.135. The van der Waals surface area contributed by atoms with Crippen LogP contribution in [-0.4, -0.2) is 75.4 Å². The van der Waals surface area contributed by atoms with E-state index >= 15 is 0 Å². The zero-order valence-electron chi connectivity index (χ0n) is 17.8. The Morgan fingerprint density at radius 1 is 1.26 bits per heavy atom. The lowest BCUT2D eigenvalue weighted by atomic mass is 10.2. The molecule has 1 fully saturated rings. The van der Waals surface area contributed by atoms with Gasteiger partial charge in [-0.25, -0.2) is 5.43 Å². The molecule has 1 aromatic carbocycles. The Bertz CT molecular complexity index is 824. The first-order valence-corrected chi connectivity index (χ1v) is 10.6. The monoisotopic (exact) mass is 498 g/mol. The first kappa shape index (κ1) is 24.6. The third-order valence-corrected chi connectivity index (χ3v) is 4.80. The molecule has 0 saturated carbocycles. The Balaban J connectivity index is 1.96. The van der Waals surface area contributed by atoms with E-state index in [1.54, 1.807) is 17.0 Å². The summed E-state index contributed by atoms with van der Waals surface area (Å²) in [6.07, 6.45) is 1.36. The summed E-state index contributed by atoms with van der Waals surface area (Å²) in [7, 11) is 1.47. The average Bonchev–Trinajstić information content (AvgIpc) is 2.76. The van der Waals surface area contributed by atoms with Crippen molar-refractivity contribution in [3.63, 3.8) is 0 Å². The van der Waals surface area contributed by atoms with Crippen LogP contribution in [0.3, 0.4) is 0 Å². The zero-order valence-corrected chi connectivity index (χ0v) is 19.4. The van der Waals surface area contributed by atoms with E-state index in [-0.39, 0.29) is 18.4 Å². The van der Waals surface area contributed by atoms with E-state index in [0.717, 1.165) is 0 Å². The number of hydrogen-bond donors (Lipinski definition) is 2. The van der Waals surface area contributed by atoms with Crippen molar-refractivity contribution in [1.29, 1.82) is 0 Å². The molecular formula is C20H27BrN4O6. The third kappa shape index (κ3) is 7.83.